The number of rotatable bonds is 8. The van der Waals surface area contributed by atoms with Gasteiger partial charge >= 0.3 is 0 Å². The lowest BCUT2D eigenvalue weighted by Crippen LogP contribution is -1.99. The Morgan fingerprint density at radius 3 is 2.20 bits per heavy atom. The normalized spacial score (nSPS) is 11.9. The first-order valence-electron chi connectivity index (χ1n) is 8.47. The Morgan fingerprint density at radius 2 is 1.60 bits per heavy atom. The van der Waals surface area contributed by atoms with Crippen molar-refractivity contribution < 1.29 is 24.4 Å². The van der Waals surface area contributed by atoms with Gasteiger partial charge in [-0.2, -0.15) is 0 Å². The Kier molecular flexibility index (Phi) is 6.53. The molecule has 5 heteroatoms. The lowest BCUT2D eigenvalue weighted by Gasteiger charge is -2.17. The summed E-state index contributed by atoms with van der Waals surface area (Å²) in [6, 6.07) is 8.94. The second kappa shape index (κ2) is 8.62. The maximum atomic E-state index is 10.4. The third-order valence-corrected chi connectivity index (χ3v) is 4.04. The van der Waals surface area contributed by atoms with Crippen LogP contribution in [0.25, 0.3) is 0 Å². The van der Waals surface area contributed by atoms with E-state index in [1.165, 1.54) is 7.11 Å². The molecule has 0 aliphatic rings. The zero-order chi connectivity index (χ0) is 18.4. The van der Waals surface area contributed by atoms with E-state index in [4.69, 9.17) is 14.2 Å². The Hall–Kier alpha value is -2.40. The van der Waals surface area contributed by atoms with E-state index in [2.05, 4.69) is 6.92 Å². The van der Waals surface area contributed by atoms with Gasteiger partial charge in [-0.3, -0.25) is 0 Å². The molecule has 5 nitrogen and oxygen atoms in total. The highest BCUT2D eigenvalue weighted by Gasteiger charge is 2.17. The van der Waals surface area contributed by atoms with Crippen LogP contribution in [0.15, 0.2) is 30.3 Å². The molecule has 0 saturated heterocycles. The number of phenols is 1. The van der Waals surface area contributed by atoms with E-state index in [1.807, 2.05) is 25.1 Å². The molecule has 0 aliphatic carbocycles. The molecule has 0 amide bonds. The number of methoxy groups -OCH3 is 2. The highest BCUT2D eigenvalue weighted by molar-refractivity contribution is 5.56. The number of hydrogen-bond acceptors (Lipinski definition) is 5. The molecule has 0 aromatic heterocycles. The van der Waals surface area contributed by atoms with E-state index >= 15 is 0 Å². The lowest BCUT2D eigenvalue weighted by atomic mass is 10.1. The molecule has 1 unspecified atom stereocenters. The van der Waals surface area contributed by atoms with Crippen LogP contribution in [0.3, 0.4) is 0 Å². The third kappa shape index (κ3) is 4.37. The minimum atomic E-state index is -0.661. The number of aromatic hydroxyl groups is 1. The molecule has 0 aliphatic heterocycles. The number of benzene rings is 2. The molecule has 1 atom stereocenters. The molecule has 0 fully saturated rings. The fourth-order valence-electron chi connectivity index (χ4n) is 2.62. The van der Waals surface area contributed by atoms with Gasteiger partial charge in [-0.15, -0.1) is 0 Å². The van der Waals surface area contributed by atoms with E-state index in [1.54, 1.807) is 19.2 Å². The largest absolute Gasteiger partial charge is 0.502 e. The molecule has 25 heavy (non-hydrogen) atoms. The van der Waals surface area contributed by atoms with E-state index in [9.17, 15) is 10.2 Å². The van der Waals surface area contributed by atoms with Crippen LogP contribution in [0, 0.1) is 0 Å². The average molecular weight is 346 g/mol. The zero-order valence-corrected chi connectivity index (χ0v) is 15.2. The van der Waals surface area contributed by atoms with Crippen molar-refractivity contribution in [1.82, 2.24) is 0 Å². The molecule has 2 aromatic rings. The number of phenolic OH excluding ortho intramolecular Hbond substituents is 1. The highest BCUT2D eigenvalue weighted by atomic mass is 16.5. The van der Waals surface area contributed by atoms with Crippen LogP contribution in [0.2, 0.25) is 0 Å². The molecule has 2 aromatic carbocycles. The topological polar surface area (TPSA) is 68.2 Å². The summed E-state index contributed by atoms with van der Waals surface area (Å²) < 4.78 is 16.5. The van der Waals surface area contributed by atoms with Crippen molar-refractivity contribution in [1.29, 1.82) is 0 Å². The van der Waals surface area contributed by atoms with Crippen LogP contribution in [0.1, 0.15) is 43.9 Å². The zero-order valence-electron chi connectivity index (χ0n) is 15.2. The van der Waals surface area contributed by atoms with Crippen LogP contribution in [-0.4, -0.2) is 24.4 Å². The fourth-order valence-corrected chi connectivity index (χ4v) is 2.62. The van der Waals surface area contributed by atoms with Gasteiger partial charge in [0.2, 0.25) is 5.75 Å². The van der Waals surface area contributed by atoms with Crippen molar-refractivity contribution in [3.63, 3.8) is 0 Å². The maximum absolute atomic E-state index is 10.4. The summed E-state index contributed by atoms with van der Waals surface area (Å²) >= 11 is 0. The predicted molar refractivity (Wildman–Crippen MR) is 97.0 cm³/mol. The van der Waals surface area contributed by atoms with Gasteiger partial charge in [0.05, 0.1) is 20.3 Å². The van der Waals surface area contributed by atoms with Crippen molar-refractivity contribution in [3.8, 4) is 28.7 Å². The highest BCUT2D eigenvalue weighted by Crippen LogP contribution is 2.43. The summed E-state index contributed by atoms with van der Waals surface area (Å²) in [7, 11) is 3.04. The first-order valence-corrected chi connectivity index (χ1v) is 8.47. The summed E-state index contributed by atoms with van der Waals surface area (Å²) in [4.78, 5) is 0. The Balaban J connectivity index is 2.42. The summed E-state index contributed by atoms with van der Waals surface area (Å²) in [5.41, 5.74) is 1.78. The van der Waals surface area contributed by atoms with E-state index in [0.717, 1.165) is 18.4 Å². The monoisotopic (exact) mass is 346 g/mol. The predicted octanol–water partition coefficient (Wildman–Crippen LogP) is 4.60. The van der Waals surface area contributed by atoms with Gasteiger partial charge in [0.1, 0.15) is 0 Å². The van der Waals surface area contributed by atoms with E-state index in [0.29, 0.717) is 23.5 Å². The van der Waals surface area contributed by atoms with Gasteiger partial charge < -0.3 is 24.4 Å². The number of ether oxygens (including phenoxy) is 3. The second-order valence-electron chi connectivity index (χ2n) is 5.83. The molecule has 0 saturated carbocycles. The Bertz CT molecular complexity index is 711. The van der Waals surface area contributed by atoms with Crippen LogP contribution < -0.4 is 14.2 Å². The molecular weight excluding hydrogens is 320 g/mol. The first kappa shape index (κ1) is 18.9. The maximum Gasteiger partial charge on any atom is 0.201 e. The first-order chi connectivity index (χ1) is 12.0. The van der Waals surface area contributed by atoms with Crippen molar-refractivity contribution in [3.05, 3.63) is 41.5 Å². The molecule has 2 rings (SSSR count). The van der Waals surface area contributed by atoms with Crippen molar-refractivity contribution in [2.45, 2.75) is 39.2 Å². The number of aliphatic hydroxyl groups is 1. The Labute approximate surface area is 148 Å². The number of aliphatic hydroxyl groups excluding tert-OH is 1. The minimum absolute atomic E-state index is 0.116. The van der Waals surface area contributed by atoms with Crippen LogP contribution >= 0.6 is 0 Å². The van der Waals surface area contributed by atoms with Gasteiger partial charge in [-0.1, -0.05) is 26.3 Å². The van der Waals surface area contributed by atoms with E-state index < -0.39 is 6.10 Å². The molecule has 0 spiro atoms. The van der Waals surface area contributed by atoms with Gasteiger partial charge in [-0.05, 0) is 48.2 Å². The lowest BCUT2D eigenvalue weighted by molar-refractivity contribution is 0.172. The molecular formula is C20H26O5. The van der Waals surface area contributed by atoms with Crippen LogP contribution in [0.5, 0.6) is 28.7 Å². The van der Waals surface area contributed by atoms with Crippen LogP contribution in [0.4, 0.5) is 0 Å². The third-order valence-electron chi connectivity index (χ3n) is 4.04. The second-order valence-corrected chi connectivity index (χ2v) is 5.83. The van der Waals surface area contributed by atoms with E-state index in [-0.39, 0.29) is 17.2 Å². The summed E-state index contributed by atoms with van der Waals surface area (Å²) in [5.74, 6) is 1.42. The molecule has 2 N–H and O–H groups in total. The average Bonchev–Trinajstić information content (AvgIpc) is 2.63. The van der Waals surface area contributed by atoms with Gasteiger partial charge in [-0.25, -0.2) is 0 Å². The van der Waals surface area contributed by atoms with Crippen molar-refractivity contribution >= 4 is 0 Å². The standard InChI is InChI=1S/C20H26O5/c1-5-7-13-8-9-16(17(10-13)23-3)25-19-12-14(15(21)6-2)11-18(24-4)20(19)22/h8-12,15,21-22H,5-7H2,1-4H3. The molecule has 0 radical (unpaired) electrons. The summed E-state index contributed by atoms with van der Waals surface area (Å²) in [5, 5.41) is 20.5. The summed E-state index contributed by atoms with van der Waals surface area (Å²) in [6.45, 7) is 3.99. The van der Waals surface area contributed by atoms with Crippen molar-refractivity contribution in [2.75, 3.05) is 14.2 Å². The number of hydrogen-bond donors (Lipinski definition) is 2. The number of aryl methyl sites for hydroxylation is 1. The van der Waals surface area contributed by atoms with Crippen LogP contribution in [-0.2, 0) is 6.42 Å². The van der Waals surface area contributed by atoms with Gasteiger partial charge in [0.15, 0.2) is 23.0 Å². The van der Waals surface area contributed by atoms with Gasteiger partial charge in [0, 0.05) is 0 Å². The van der Waals surface area contributed by atoms with Crippen molar-refractivity contribution in [2.24, 2.45) is 0 Å². The summed E-state index contributed by atoms with van der Waals surface area (Å²) in [6.07, 6.45) is 1.87. The van der Waals surface area contributed by atoms with Gasteiger partial charge in [0.25, 0.3) is 0 Å². The minimum Gasteiger partial charge on any atom is -0.502 e. The SMILES string of the molecule is CCCc1ccc(Oc2cc(C(O)CC)cc(OC)c2O)c(OC)c1. The quantitative estimate of drug-likeness (QED) is 0.731. The molecule has 136 valence electrons. The smallest absolute Gasteiger partial charge is 0.201 e. The fraction of sp³-hybridized carbons (Fsp3) is 0.400. The molecule has 0 heterocycles. The Morgan fingerprint density at radius 1 is 0.920 bits per heavy atom. The molecule has 0 bridgehead atoms.